The quantitative estimate of drug-likeness (QED) is 0.234. The number of hydrogen-bond donors (Lipinski definition) is 1. The molecule has 2 saturated heterocycles. The molecule has 0 radical (unpaired) electrons. The van der Waals surface area contributed by atoms with Crippen molar-refractivity contribution >= 4 is 23.7 Å². The van der Waals surface area contributed by atoms with Crippen molar-refractivity contribution in [3.63, 3.8) is 0 Å². The molecule has 2 aromatic carbocycles. The summed E-state index contributed by atoms with van der Waals surface area (Å²) >= 11 is 5.94. The predicted molar refractivity (Wildman–Crippen MR) is 220 cm³/mol. The number of benzene rings is 2. The monoisotopic (exact) mass is 759 g/mol. The molecular weight excluding hydrogens is 692 g/mol. The van der Waals surface area contributed by atoms with Crippen LogP contribution in [0.2, 0.25) is 0 Å². The molecule has 4 aliphatic carbocycles. The molecule has 0 aromatic heterocycles. The van der Waals surface area contributed by atoms with Crippen LogP contribution in [0.4, 0.5) is 9.59 Å². The van der Waals surface area contributed by atoms with E-state index in [2.05, 4.69) is 119 Å². The van der Waals surface area contributed by atoms with Crippen LogP contribution in [0.25, 0.3) is 0 Å². The number of amides is 4. The zero-order valence-electron chi connectivity index (χ0n) is 33.7. The summed E-state index contributed by atoms with van der Waals surface area (Å²) in [6.07, 6.45) is 17.5. The van der Waals surface area contributed by atoms with Crippen LogP contribution >= 0.6 is 11.6 Å². The van der Waals surface area contributed by atoms with Gasteiger partial charge in [0, 0.05) is 49.7 Å². The summed E-state index contributed by atoms with van der Waals surface area (Å²) in [5.41, 5.74) is 3.04. The zero-order valence-corrected chi connectivity index (χ0v) is 34.5. The lowest BCUT2D eigenvalue weighted by Gasteiger charge is -2.51. The molecule has 4 amide bonds. The van der Waals surface area contributed by atoms with Gasteiger partial charge in [0.1, 0.15) is 0 Å². The number of nitrogens with one attached hydrogen (secondary N) is 1. The van der Waals surface area contributed by atoms with E-state index in [-0.39, 0.29) is 34.2 Å². The summed E-state index contributed by atoms with van der Waals surface area (Å²) in [4.78, 5) is 37.2. The third-order valence-corrected chi connectivity index (χ3v) is 15.5. The normalized spacial score (nSPS) is 31.6. The van der Waals surface area contributed by atoms with Crippen LogP contribution in [0.3, 0.4) is 0 Å². The number of halogens is 1. The van der Waals surface area contributed by atoms with Crippen molar-refractivity contribution in [2.75, 3.05) is 66.8 Å². The minimum atomic E-state index is 0.00722. The molecule has 2 spiro atoms. The van der Waals surface area contributed by atoms with Crippen molar-refractivity contribution in [1.29, 1.82) is 0 Å². The van der Waals surface area contributed by atoms with Crippen molar-refractivity contribution < 1.29 is 9.59 Å². The van der Waals surface area contributed by atoms with Gasteiger partial charge in [0.15, 0.2) is 0 Å². The van der Waals surface area contributed by atoms with Crippen LogP contribution in [-0.4, -0.2) is 114 Å². The van der Waals surface area contributed by atoms with Gasteiger partial charge < -0.3 is 20.0 Å². The maximum Gasteiger partial charge on any atom is 0.320 e. The first-order valence-corrected chi connectivity index (χ1v) is 21.7. The predicted octanol–water partition coefficient (Wildman–Crippen LogP) is 8.50. The molecule has 1 N–H and O–H groups in total. The number of alkyl halides is 1. The Balaban J connectivity index is 0.000000168. The number of nitrogens with zero attached hydrogens (tertiary/aromatic N) is 5. The summed E-state index contributed by atoms with van der Waals surface area (Å²) in [5.74, 6) is 2.06. The Morgan fingerprint density at radius 2 is 1.13 bits per heavy atom. The highest BCUT2D eigenvalue weighted by Crippen LogP contribution is 2.50. The van der Waals surface area contributed by atoms with Crippen molar-refractivity contribution in [3.05, 3.63) is 71.8 Å². The van der Waals surface area contributed by atoms with Crippen LogP contribution in [-0.2, 0) is 11.1 Å². The van der Waals surface area contributed by atoms with Gasteiger partial charge in [-0.2, -0.15) is 0 Å². The van der Waals surface area contributed by atoms with Crippen LogP contribution in [0.1, 0.15) is 107 Å². The molecule has 8 rings (SSSR count). The minimum absolute atomic E-state index is 0.00722. The zero-order chi connectivity index (χ0) is 38.0. The fraction of sp³-hybridized carbons (Fsp3) is 0.689. The second-order valence-electron chi connectivity index (χ2n) is 18.3. The number of hydrogen-bond acceptors (Lipinski definition) is 4. The van der Waals surface area contributed by atoms with Gasteiger partial charge in [0.2, 0.25) is 0 Å². The Morgan fingerprint density at radius 3 is 1.56 bits per heavy atom. The topological polar surface area (TPSA) is 62.4 Å². The first kappa shape index (κ1) is 39.4. The van der Waals surface area contributed by atoms with Gasteiger partial charge in [-0.05, 0) is 135 Å². The van der Waals surface area contributed by atoms with E-state index in [0.29, 0.717) is 11.8 Å². The van der Waals surface area contributed by atoms with Gasteiger partial charge in [0.25, 0.3) is 0 Å². The molecular formula is C45H67ClN6O2. The summed E-state index contributed by atoms with van der Waals surface area (Å²) < 4.78 is 0. The minimum Gasteiger partial charge on any atom is -0.336 e. The highest BCUT2D eigenvalue weighted by Gasteiger charge is 2.55. The number of carbonyl (C=O) groups excluding carboxylic acids is 2. The Kier molecular flexibility index (Phi) is 11.9. The van der Waals surface area contributed by atoms with Crippen LogP contribution in [0, 0.1) is 11.8 Å². The Bertz CT molecular complexity index is 1540. The molecule has 2 heterocycles. The Hall–Kier alpha value is -2.81. The standard InChI is InChI=1S/C24H36ClN3O.C21H31N3O/c1-26(2)24(21-10-4-3-5-11-21)14-12-23(13-15-24)19-27(17-7-16-25)22(29)28(23)18-20-8-6-9-20;1-23(2)21(18-9-4-3-5-10-18)13-11-20(12-14-21)16-22-19(25)24(20)15-17-7-6-8-17/h3-5,10-11,20H,6-9,12-19H2,1-2H3;3-5,9-10,17H,6-8,11-16H2,1-2H3,(H,22,25). The first-order valence-electron chi connectivity index (χ1n) is 21.2. The highest BCUT2D eigenvalue weighted by molar-refractivity contribution is 6.17. The van der Waals surface area contributed by atoms with Crippen LogP contribution < -0.4 is 5.32 Å². The molecule has 2 aromatic rings. The van der Waals surface area contributed by atoms with Crippen molar-refractivity contribution in [1.82, 2.24) is 29.8 Å². The summed E-state index contributed by atoms with van der Waals surface area (Å²) in [6, 6.07) is 22.3. The van der Waals surface area contributed by atoms with Crippen LogP contribution in [0.15, 0.2) is 60.7 Å². The summed E-state index contributed by atoms with van der Waals surface area (Å²) in [6.45, 7) is 4.43. The van der Waals surface area contributed by atoms with E-state index in [9.17, 15) is 9.59 Å². The molecule has 296 valence electrons. The molecule has 0 atom stereocenters. The molecule has 0 unspecified atom stereocenters. The third kappa shape index (κ3) is 7.41. The summed E-state index contributed by atoms with van der Waals surface area (Å²) in [7, 11) is 8.83. The highest BCUT2D eigenvalue weighted by atomic mass is 35.5. The van der Waals surface area contributed by atoms with E-state index in [1.165, 1.54) is 49.7 Å². The number of urea groups is 2. The van der Waals surface area contributed by atoms with E-state index >= 15 is 0 Å². The molecule has 4 saturated carbocycles. The molecule has 6 aliphatic rings. The summed E-state index contributed by atoms with van der Waals surface area (Å²) in [5, 5.41) is 3.15. The fourth-order valence-corrected chi connectivity index (χ4v) is 11.1. The number of rotatable bonds is 11. The van der Waals surface area contributed by atoms with Crippen molar-refractivity contribution in [3.8, 4) is 0 Å². The van der Waals surface area contributed by atoms with Gasteiger partial charge in [-0.25, -0.2) is 9.59 Å². The maximum absolute atomic E-state index is 13.3. The molecule has 8 nitrogen and oxygen atoms in total. The van der Waals surface area contributed by atoms with E-state index in [1.807, 2.05) is 0 Å². The Morgan fingerprint density at radius 1 is 0.667 bits per heavy atom. The lowest BCUT2D eigenvalue weighted by molar-refractivity contribution is 0.0159. The first-order chi connectivity index (χ1) is 26.1. The third-order valence-electron chi connectivity index (χ3n) is 15.2. The van der Waals surface area contributed by atoms with Gasteiger partial charge in [-0.1, -0.05) is 73.5 Å². The van der Waals surface area contributed by atoms with Crippen molar-refractivity contribution in [2.24, 2.45) is 11.8 Å². The van der Waals surface area contributed by atoms with Gasteiger partial charge >= 0.3 is 12.1 Å². The van der Waals surface area contributed by atoms with Crippen LogP contribution in [0.5, 0.6) is 0 Å². The van der Waals surface area contributed by atoms with Gasteiger partial charge in [-0.15, -0.1) is 11.6 Å². The molecule has 54 heavy (non-hydrogen) atoms. The van der Waals surface area contributed by atoms with E-state index in [1.54, 1.807) is 0 Å². The average molecular weight is 760 g/mol. The smallest absolute Gasteiger partial charge is 0.320 e. The van der Waals surface area contributed by atoms with E-state index in [0.717, 1.165) is 96.4 Å². The van der Waals surface area contributed by atoms with Gasteiger partial charge in [-0.3, -0.25) is 9.80 Å². The molecule has 2 aliphatic heterocycles. The van der Waals surface area contributed by atoms with E-state index in [4.69, 9.17) is 11.6 Å². The van der Waals surface area contributed by atoms with E-state index < -0.39 is 0 Å². The molecule has 0 bridgehead atoms. The van der Waals surface area contributed by atoms with Gasteiger partial charge in [0.05, 0.1) is 11.1 Å². The van der Waals surface area contributed by atoms with Crippen molar-refractivity contribution in [2.45, 2.75) is 118 Å². The lowest BCUT2D eigenvalue weighted by Crippen LogP contribution is -2.56. The average Bonchev–Trinajstić information content (AvgIpc) is 3.59. The SMILES string of the molecule is CN(C)C1(c2ccccc2)CCC2(CC1)CN(CCCCl)C(=O)N2CC1CCC1.CN(C)C1(c2ccccc2)CCC2(CC1)CNC(=O)N2CC1CCC1. The number of carbonyl (C=O) groups is 2. The largest absolute Gasteiger partial charge is 0.336 e. The fourth-order valence-electron chi connectivity index (χ4n) is 11.0. The second kappa shape index (κ2) is 16.3. The maximum atomic E-state index is 13.3. The second-order valence-corrected chi connectivity index (χ2v) is 18.6. The molecule has 9 heteroatoms. The Labute approximate surface area is 330 Å². The molecule has 6 fully saturated rings. The lowest BCUT2D eigenvalue weighted by atomic mass is 9.68.